The Balaban J connectivity index is 1.81. The van der Waals surface area contributed by atoms with E-state index in [4.69, 9.17) is 5.73 Å². The van der Waals surface area contributed by atoms with Gasteiger partial charge >= 0.3 is 0 Å². The Kier molecular flexibility index (Phi) is 5.84. The summed E-state index contributed by atoms with van der Waals surface area (Å²) in [4.78, 5) is 28.7. The molecule has 2 rings (SSSR count). The molecule has 0 aliphatic carbocycles. The molecular weight excluding hydrogens is 278 g/mol. The molecule has 0 radical (unpaired) electrons. The number of amides is 2. The fourth-order valence-corrected chi connectivity index (χ4v) is 3.33. The standard InChI is InChI=1S/C17H31N3O2/c1-12(2)15(18)17(22)20-10-6-14(7-11-20)16(21)19-8-4-13(3)5-9-19/h12-15H,4-11,18H2,1-3H3/t15-/m0/s1. The zero-order valence-corrected chi connectivity index (χ0v) is 14.3. The molecule has 1 atom stereocenters. The van der Waals surface area contributed by atoms with Crippen molar-refractivity contribution < 1.29 is 9.59 Å². The van der Waals surface area contributed by atoms with Crippen LogP contribution < -0.4 is 5.73 Å². The van der Waals surface area contributed by atoms with Crippen LogP contribution in [0.2, 0.25) is 0 Å². The maximum absolute atomic E-state index is 12.6. The van der Waals surface area contributed by atoms with Gasteiger partial charge in [-0.2, -0.15) is 0 Å². The fourth-order valence-electron chi connectivity index (χ4n) is 3.33. The van der Waals surface area contributed by atoms with Crippen molar-refractivity contribution in [2.75, 3.05) is 26.2 Å². The average molecular weight is 309 g/mol. The maximum Gasteiger partial charge on any atom is 0.239 e. The molecule has 0 spiro atoms. The van der Waals surface area contributed by atoms with Crippen LogP contribution in [0.5, 0.6) is 0 Å². The monoisotopic (exact) mass is 309 g/mol. The summed E-state index contributed by atoms with van der Waals surface area (Å²) in [6, 6.07) is -0.421. The molecule has 0 aromatic heterocycles. The van der Waals surface area contributed by atoms with Crippen molar-refractivity contribution >= 4 is 11.8 Å². The van der Waals surface area contributed by atoms with E-state index in [0.717, 1.165) is 44.7 Å². The van der Waals surface area contributed by atoms with Crippen molar-refractivity contribution in [3.05, 3.63) is 0 Å². The lowest BCUT2D eigenvalue weighted by Crippen LogP contribution is -2.51. The predicted molar refractivity (Wildman–Crippen MR) is 87.1 cm³/mol. The van der Waals surface area contributed by atoms with E-state index in [-0.39, 0.29) is 17.7 Å². The Morgan fingerprint density at radius 3 is 1.95 bits per heavy atom. The molecule has 5 nitrogen and oxygen atoms in total. The topological polar surface area (TPSA) is 66.6 Å². The number of carbonyl (C=O) groups is 2. The first kappa shape index (κ1) is 17.3. The summed E-state index contributed by atoms with van der Waals surface area (Å²) in [6.07, 6.45) is 3.79. The first-order chi connectivity index (χ1) is 10.4. The van der Waals surface area contributed by atoms with Crippen LogP contribution >= 0.6 is 0 Å². The largest absolute Gasteiger partial charge is 0.342 e. The van der Waals surface area contributed by atoms with Crippen LogP contribution in [0.25, 0.3) is 0 Å². The van der Waals surface area contributed by atoms with Crippen LogP contribution in [-0.4, -0.2) is 53.8 Å². The van der Waals surface area contributed by atoms with Crippen LogP contribution in [0.3, 0.4) is 0 Å². The van der Waals surface area contributed by atoms with Gasteiger partial charge in [-0.1, -0.05) is 20.8 Å². The quantitative estimate of drug-likeness (QED) is 0.858. The van der Waals surface area contributed by atoms with Gasteiger partial charge in [0, 0.05) is 32.1 Å². The Morgan fingerprint density at radius 1 is 0.955 bits per heavy atom. The lowest BCUT2D eigenvalue weighted by Gasteiger charge is -2.37. The van der Waals surface area contributed by atoms with E-state index in [9.17, 15) is 9.59 Å². The summed E-state index contributed by atoms with van der Waals surface area (Å²) in [6.45, 7) is 9.32. The summed E-state index contributed by atoms with van der Waals surface area (Å²) in [5.41, 5.74) is 5.95. The number of carbonyl (C=O) groups excluding carboxylic acids is 2. The van der Waals surface area contributed by atoms with Crippen LogP contribution in [0, 0.1) is 17.8 Å². The normalized spacial score (nSPS) is 23.0. The van der Waals surface area contributed by atoms with E-state index in [0.29, 0.717) is 19.0 Å². The third-order valence-corrected chi connectivity index (χ3v) is 5.25. The molecule has 2 saturated heterocycles. The Labute approximate surface area is 134 Å². The summed E-state index contributed by atoms with van der Waals surface area (Å²) >= 11 is 0. The van der Waals surface area contributed by atoms with Crippen molar-refractivity contribution in [2.45, 2.75) is 52.5 Å². The van der Waals surface area contributed by atoms with E-state index < -0.39 is 6.04 Å². The zero-order chi connectivity index (χ0) is 16.3. The molecule has 2 N–H and O–H groups in total. The molecule has 2 aliphatic rings. The minimum Gasteiger partial charge on any atom is -0.342 e. The number of hydrogen-bond acceptors (Lipinski definition) is 3. The number of hydrogen-bond donors (Lipinski definition) is 1. The SMILES string of the molecule is CC1CCN(C(=O)C2CCN(C(=O)[C@@H](N)C(C)C)CC2)CC1. The molecule has 0 aromatic carbocycles. The highest BCUT2D eigenvalue weighted by Crippen LogP contribution is 2.24. The summed E-state index contributed by atoms with van der Waals surface area (Å²) in [5.74, 6) is 1.32. The second-order valence-electron chi connectivity index (χ2n) is 7.38. The van der Waals surface area contributed by atoms with Gasteiger partial charge in [-0.15, -0.1) is 0 Å². The number of nitrogens with zero attached hydrogens (tertiary/aromatic N) is 2. The van der Waals surface area contributed by atoms with Crippen molar-refractivity contribution in [2.24, 2.45) is 23.5 Å². The highest BCUT2D eigenvalue weighted by molar-refractivity contribution is 5.83. The molecule has 2 heterocycles. The molecule has 22 heavy (non-hydrogen) atoms. The molecule has 0 unspecified atom stereocenters. The third-order valence-electron chi connectivity index (χ3n) is 5.25. The molecule has 2 amide bonds. The molecule has 2 fully saturated rings. The molecule has 0 saturated carbocycles. The molecule has 2 aliphatic heterocycles. The second-order valence-corrected chi connectivity index (χ2v) is 7.38. The van der Waals surface area contributed by atoms with E-state index in [1.165, 1.54) is 0 Å². The van der Waals surface area contributed by atoms with E-state index in [1.807, 2.05) is 23.6 Å². The van der Waals surface area contributed by atoms with Gasteiger partial charge in [-0.25, -0.2) is 0 Å². The lowest BCUT2D eigenvalue weighted by atomic mass is 9.92. The Morgan fingerprint density at radius 2 is 1.45 bits per heavy atom. The number of nitrogens with two attached hydrogens (primary N) is 1. The highest BCUT2D eigenvalue weighted by atomic mass is 16.2. The van der Waals surface area contributed by atoms with Crippen LogP contribution in [0.15, 0.2) is 0 Å². The first-order valence-electron chi connectivity index (χ1n) is 8.73. The number of likely N-dealkylation sites (tertiary alicyclic amines) is 2. The first-order valence-corrected chi connectivity index (χ1v) is 8.73. The molecule has 126 valence electrons. The van der Waals surface area contributed by atoms with Gasteiger partial charge in [-0.3, -0.25) is 9.59 Å². The lowest BCUT2D eigenvalue weighted by molar-refractivity contribution is -0.142. The Bertz CT molecular complexity index is 395. The second kappa shape index (κ2) is 7.44. The fraction of sp³-hybridized carbons (Fsp3) is 0.882. The van der Waals surface area contributed by atoms with Crippen LogP contribution in [0.1, 0.15) is 46.5 Å². The Hall–Kier alpha value is -1.10. The minimum atomic E-state index is -0.421. The van der Waals surface area contributed by atoms with Gasteiger partial charge in [0.05, 0.1) is 6.04 Å². The average Bonchev–Trinajstić information content (AvgIpc) is 2.53. The van der Waals surface area contributed by atoms with E-state index in [1.54, 1.807) is 0 Å². The van der Waals surface area contributed by atoms with Gasteiger partial charge in [-0.05, 0) is 37.5 Å². The van der Waals surface area contributed by atoms with E-state index >= 15 is 0 Å². The maximum atomic E-state index is 12.6. The van der Waals surface area contributed by atoms with Gasteiger partial charge in [0.15, 0.2) is 0 Å². The van der Waals surface area contributed by atoms with Crippen molar-refractivity contribution in [3.8, 4) is 0 Å². The van der Waals surface area contributed by atoms with Crippen molar-refractivity contribution in [1.82, 2.24) is 9.80 Å². The minimum absolute atomic E-state index is 0.0349. The van der Waals surface area contributed by atoms with Crippen LogP contribution in [-0.2, 0) is 9.59 Å². The highest BCUT2D eigenvalue weighted by Gasteiger charge is 2.33. The van der Waals surface area contributed by atoms with Gasteiger partial charge in [0.1, 0.15) is 0 Å². The summed E-state index contributed by atoms with van der Waals surface area (Å²) in [7, 11) is 0. The number of piperidine rings is 2. The number of rotatable bonds is 3. The van der Waals surface area contributed by atoms with Crippen LogP contribution in [0.4, 0.5) is 0 Å². The van der Waals surface area contributed by atoms with E-state index in [2.05, 4.69) is 6.92 Å². The third kappa shape index (κ3) is 4.00. The summed E-state index contributed by atoms with van der Waals surface area (Å²) < 4.78 is 0. The smallest absolute Gasteiger partial charge is 0.239 e. The summed E-state index contributed by atoms with van der Waals surface area (Å²) in [5, 5.41) is 0. The predicted octanol–water partition coefficient (Wildman–Crippen LogP) is 1.47. The van der Waals surface area contributed by atoms with Gasteiger partial charge in [0.25, 0.3) is 0 Å². The van der Waals surface area contributed by atoms with Crippen molar-refractivity contribution in [1.29, 1.82) is 0 Å². The van der Waals surface area contributed by atoms with Crippen molar-refractivity contribution in [3.63, 3.8) is 0 Å². The molecule has 5 heteroatoms. The molecule has 0 bridgehead atoms. The molecular formula is C17H31N3O2. The molecule has 0 aromatic rings. The van der Waals surface area contributed by atoms with Gasteiger partial charge < -0.3 is 15.5 Å². The van der Waals surface area contributed by atoms with Gasteiger partial charge in [0.2, 0.25) is 11.8 Å². The zero-order valence-electron chi connectivity index (χ0n) is 14.3.